The quantitative estimate of drug-likeness (QED) is 0.139. The predicted molar refractivity (Wildman–Crippen MR) is 302 cm³/mol. The molecule has 0 radical (unpaired) electrons. The molecule has 20 aliphatic rings. The molecule has 23 nitrogen and oxygen atoms in total. The molecule has 1 unspecified atom stereocenters. The Bertz CT molecular complexity index is 2600. The van der Waals surface area contributed by atoms with E-state index in [4.69, 9.17) is 91.6 Å². The molecule has 8 bridgehead atoms. The van der Waals surface area contributed by atoms with Crippen LogP contribution in [-0.4, -0.2) is 125 Å². The first-order chi connectivity index (χ1) is 41.7. The van der Waals surface area contributed by atoms with Gasteiger partial charge < -0.3 is 57.6 Å². The Hall–Kier alpha value is -1.27. The summed E-state index contributed by atoms with van der Waals surface area (Å²) < 4.78 is 59.2. The van der Waals surface area contributed by atoms with Gasteiger partial charge in [0.2, 0.25) is 35.7 Å². The zero-order valence-corrected chi connectivity index (χ0v) is 57.0. The second kappa shape index (κ2) is 24.7. The van der Waals surface area contributed by atoms with E-state index in [1.807, 2.05) is 48.5 Å². The largest absolute Gasteiger partial charge is 1.00 e. The normalized spacial score (nSPS) is 55.6. The third kappa shape index (κ3) is 11.0. The van der Waals surface area contributed by atoms with E-state index in [0.717, 1.165) is 89.9 Å². The van der Waals surface area contributed by atoms with E-state index < -0.39 is 95.2 Å². The number of fused-ring (bicyclic) bond motifs is 8. The van der Waals surface area contributed by atoms with Crippen molar-refractivity contribution in [2.75, 3.05) is 7.11 Å². The van der Waals surface area contributed by atoms with Crippen LogP contribution in [0.25, 0.3) is 0 Å². The van der Waals surface area contributed by atoms with E-state index >= 15 is 0 Å². The van der Waals surface area contributed by atoms with Crippen molar-refractivity contribution >= 4 is 17.9 Å². The van der Waals surface area contributed by atoms with Gasteiger partial charge in [-0.3, -0.25) is 9.59 Å². The van der Waals surface area contributed by atoms with Crippen LogP contribution in [-0.2, 0) is 101 Å². The molecule has 16 heterocycles. The van der Waals surface area contributed by atoms with Crippen LogP contribution in [0.4, 0.5) is 0 Å². The topological polar surface area (TPSA) is 260 Å². The van der Waals surface area contributed by atoms with Gasteiger partial charge in [0.25, 0.3) is 0 Å². The van der Waals surface area contributed by atoms with E-state index in [2.05, 4.69) is 34.6 Å². The molecule has 89 heavy (non-hydrogen) atoms. The number of esters is 2. The fourth-order valence-corrected chi connectivity index (χ4v) is 20.2. The number of methoxy groups -OCH3 is 1. The first-order valence-electron chi connectivity index (χ1n) is 33.7. The van der Waals surface area contributed by atoms with Crippen molar-refractivity contribution in [2.45, 2.75) is 288 Å². The van der Waals surface area contributed by atoms with Gasteiger partial charge in [-0.1, -0.05) is 55.4 Å². The molecule has 3 N–H and O–H groups in total. The molecule has 498 valence electrons. The average molecular weight is 1270 g/mol. The zero-order valence-electron chi connectivity index (χ0n) is 55.0. The van der Waals surface area contributed by atoms with Gasteiger partial charge in [0, 0.05) is 84.9 Å². The summed E-state index contributed by atoms with van der Waals surface area (Å²) in [5.41, 5.74) is -2.32. The molecule has 0 aromatic carbocycles. The second-order valence-corrected chi connectivity index (χ2v) is 30.6. The minimum atomic E-state index is -0.871. The molecule has 20 fully saturated rings. The molecule has 31 atom stereocenters. The maximum absolute atomic E-state index is 12.1. The number of aliphatic hydroxyl groups is 1. The van der Waals surface area contributed by atoms with E-state index in [1.165, 1.54) is 12.8 Å². The van der Waals surface area contributed by atoms with Crippen LogP contribution in [0.1, 0.15) is 199 Å². The zero-order chi connectivity index (χ0) is 62.5. The molecule has 0 aromatic heterocycles. The number of aliphatic hydroxyl groups excluding tert-OH is 1. The van der Waals surface area contributed by atoms with Crippen molar-refractivity contribution in [1.29, 1.82) is 0 Å². The van der Waals surface area contributed by atoms with Crippen molar-refractivity contribution in [1.82, 2.24) is 0 Å². The molecule has 4 saturated carbocycles. The first-order valence-corrected chi connectivity index (χ1v) is 33.7. The molecule has 0 amide bonds. The van der Waals surface area contributed by atoms with Crippen LogP contribution in [0.2, 0.25) is 0 Å². The number of hydrogen-bond acceptors (Lipinski definition) is 22. The van der Waals surface area contributed by atoms with Gasteiger partial charge in [-0.15, -0.1) is 0 Å². The number of rotatable bonds is 5. The molecule has 24 heteroatoms. The van der Waals surface area contributed by atoms with Crippen LogP contribution >= 0.6 is 0 Å². The Kier molecular flexibility index (Phi) is 18.8. The number of ether oxygens (including phenoxy) is 10. The molecule has 4 aliphatic carbocycles. The van der Waals surface area contributed by atoms with Crippen molar-refractivity contribution in [3.05, 3.63) is 0 Å². The molecule has 20 rings (SSSR count). The van der Waals surface area contributed by atoms with Crippen molar-refractivity contribution in [3.8, 4) is 0 Å². The van der Waals surface area contributed by atoms with Gasteiger partial charge in [0.1, 0.15) is 6.42 Å². The standard InChI is InChI=1S/C19H28O8.C16H26O5.C15H24O5.C15H22O5.Na/c1-10-4-5-13-11(2)16(23-15(22)7-6-14(20)21)24-17-19(13)12(10)8-9-18(3,25-17)26-27-19;1-9-5-6-12-10(2)13(17-4)18-14-16(12)11(9)7-8-15(3,19-14)20-21-16;2*1-8-4-5-11-9(2)12(16)17-13-15(11)10(8)6-7-14(3,18-13)19-20-15;/h10-13,16-17H,4-9H2,1-3H3,(H,20,21);9-14H,5-8H2,1-4H3;8-13,16H,4-7H2,1-3H3;8-11,13H,4-7H2,1-3H3;/q;;;;+1/p+1/t10-,11-,12+,13+,16-,17-,18-,19-;9-,10-,11+,12+,13-,14-,15-,16-;8-,9-,10+,11+,12?,13-,14-,15-;8-,9-,10+,11+,13-,14-,15-;/m1111./s1. The van der Waals surface area contributed by atoms with Gasteiger partial charge in [0.05, 0.1) is 12.3 Å². The summed E-state index contributed by atoms with van der Waals surface area (Å²) in [6.45, 7) is 24.8. The summed E-state index contributed by atoms with van der Waals surface area (Å²) in [6.07, 6.45) is 11.6. The summed E-state index contributed by atoms with van der Waals surface area (Å²) in [6, 6.07) is 0. The maximum Gasteiger partial charge on any atom is 1.00 e. The smallest absolute Gasteiger partial charge is 0.565 e. The minimum absolute atomic E-state index is 0. The van der Waals surface area contributed by atoms with E-state index in [1.54, 1.807) is 7.11 Å². The first kappa shape index (κ1) is 67.7. The van der Waals surface area contributed by atoms with Gasteiger partial charge in [0.15, 0.2) is 53.9 Å². The van der Waals surface area contributed by atoms with E-state index in [0.29, 0.717) is 47.3 Å². The Morgan fingerprint density at radius 3 is 1.21 bits per heavy atom. The summed E-state index contributed by atoms with van der Waals surface area (Å²) in [5, 5.41) is 17.1. The summed E-state index contributed by atoms with van der Waals surface area (Å²) in [7, 11) is 1.70. The van der Waals surface area contributed by atoms with Gasteiger partial charge in [-0.2, -0.15) is 0 Å². The molecule has 0 aromatic rings. The van der Waals surface area contributed by atoms with Crippen molar-refractivity contribution in [3.63, 3.8) is 0 Å². The van der Waals surface area contributed by atoms with Crippen LogP contribution in [0.5, 0.6) is 0 Å². The molecule has 16 saturated heterocycles. The third-order valence-corrected chi connectivity index (χ3v) is 25.3. The molecular weight excluding hydrogens is 1170 g/mol. The predicted octanol–water partition coefficient (Wildman–Crippen LogP) is 6.20. The van der Waals surface area contributed by atoms with Crippen molar-refractivity contribution < 1.29 is 141 Å². The average Bonchev–Trinajstić information content (AvgIpc) is 1.73. The fourth-order valence-electron chi connectivity index (χ4n) is 20.2. The van der Waals surface area contributed by atoms with Gasteiger partial charge in [-0.05, 0) is 146 Å². The van der Waals surface area contributed by atoms with Crippen LogP contribution in [0.15, 0.2) is 0 Å². The van der Waals surface area contributed by atoms with Crippen LogP contribution in [0.3, 0.4) is 0 Å². The van der Waals surface area contributed by atoms with Gasteiger partial charge >= 0.3 is 47.5 Å². The minimum Gasteiger partial charge on any atom is -0.565 e. The van der Waals surface area contributed by atoms with Crippen LogP contribution < -0.4 is 29.6 Å². The fraction of sp³-hybridized carbons (Fsp3) is 0.954. The monoisotopic (exact) mass is 1270 g/mol. The number of hydrogen-bond donors (Lipinski definition) is 1. The van der Waals surface area contributed by atoms with Crippen LogP contribution in [0, 0.1) is 94.7 Å². The summed E-state index contributed by atoms with van der Waals surface area (Å²) in [5.74, 6) is -0.230. The Morgan fingerprint density at radius 2 is 0.809 bits per heavy atom. The van der Waals surface area contributed by atoms with E-state index in [9.17, 15) is 19.5 Å². The SMILES string of the molecule is CO[C@@H]1O[C@@H]2O[C@@]3(C)CC[C@H]4[C@H](C)CC[C@@H]([C@H]1C)[C@@]24OO3.C[C@@H]1CC[C@H]2[C@@H](C)C(=O)O[C@@H]3O[C@@]4(C)CC[C@@H]1[C@]32OO4.C[C@@H]1CC[C@H]2[C@@H](C)C(O)O[C@@H]3O[C@@]4(C)CC[C@@H]1[C@]32OO4.C[C@H]1[C@H](OC(=O)CCC(=O)[OH2+])O[C@@H]2O[C@@]3(C)CC[C@H]4[C@H](C)CC[C@@H]1[C@@]24OO3.[Na+]. The number of carbonyl (C=O) groups is 3. The Morgan fingerprint density at radius 1 is 0.461 bits per heavy atom. The number of carbonyl (C=O) groups excluding carboxylic acids is 3. The molecule has 4 spiro atoms. The van der Waals surface area contributed by atoms with Gasteiger partial charge in [-0.25, -0.2) is 39.1 Å². The summed E-state index contributed by atoms with van der Waals surface area (Å²) in [4.78, 5) is 81.8. The summed E-state index contributed by atoms with van der Waals surface area (Å²) >= 11 is 0. The molecular formula is C65H101NaO23+2. The maximum atomic E-state index is 12.1. The van der Waals surface area contributed by atoms with Crippen molar-refractivity contribution in [2.24, 2.45) is 94.7 Å². The second-order valence-electron chi connectivity index (χ2n) is 30.6. The molecule has 16 aliphatic heterocycles. The Balaban J connectivity index is 0.000000116. The third-order valence-electron chi connectivity index (χ3n) is 25.3. The Labute approximate surface area is 545 Å². The van der Waals surface area contributed by atoms with E-state index in [-0.39, 0.29) is 102 Å².